The molecule has 0 aromatic carbocycles. The molecule has 0 amide bonds. The predicted molar refractivity (Wildman–Crippen MR) is 104 cm³/mol. The molecule has 0 aliphatic rings. The highest BCUT2D eigenvalue weighted by Gasteiger charge is 2.18. The van der Waals surface area contributed by atoms with Crippen molar-refractivity contribution in [1.82, 2.24) is 24.5 Å². The van der Waals surface area contributed by atoms with Crippen molar-refractivity contribution in [2.75, 3.05) is 20.6 Å². The Morgan fingerprint density at radius 1 is 1.20 bits per heavy atom. The maximum Gasteiger partial charge on any atom is 0.0662 e. The van der Waals surface area contributed by atoms with Crippen LogP contribution in [0.4, 0.5) is 0 Å². The van der Waals surface area contributed by atoms with Gasteiger partial charge in [0.2, 0.25) is 0 Å². The molecule has 0 bridgehead atoms. The molecule has 25 heavy (non-hydrogen) atoms. The summed E-state index contributed by atoms with van der Waals surface area (Å²) < 4.78 is 4.20. The first-order chi connectivity index (χ1) is 11.8. The van der Waals surface area contributed by atoms with E-state index in [0.29, 0.717) is 11.8 Å². The van der Waals surface area contributed by atoms with Crippen LogP contribution in [0.1, 0.15) is 68.5 Å². The minimum absolute atomic E-state index is 0.500. The van der Waals surface area contributed by atoms with Crippen LogP contribution < -0.4 is 0 Å². The van der Waals surface area contributed by atoms with Gasteiger partial charge in [0.25, 0.3) is 0 Å². The van der Waals surface area contributed by atoms with E-state index in [-0.39, 0.29) is 0 Å². The largest absolute Gasteiger partial charge is 0.308 e. The molecule has 0 radical (unpaired) electrons. The molecule has 5 nitrogen and oxygen atoms in total. The molecule has 2 heterocycles. The fraction of sp³-hybridized carbons (Fsp3) is 0.700. The number of aryl methyl sites for hydroxylation is 2. The van der Waals surface area contributed by atoms with Crippen molar-refractivity contribution >= 4 is 0 Å². The zero-order chi connectivity index (χ0) is 18.6. The third-order valence-electron chi connectivity index (χ3n) is 5.02. The van der Waals surface area contributed by atoms with E-state index in [4.69, 9.17) is 5.10 Å². The fourth-order valence-electron chi connectivity index (χ4n) is 3.44. The van der Waals surface area contributed by atoms with Gasteiger partial charge >= 0.3 is 0 Å². The number of aromatic nitrogens is 4. The summed E-state index contributed by atoms with van der Waals surface area (Å²) in [5.74, 6) is 1.03. The SMILES string of the molecule is CCn1nc(CCC(C)c2cnn(CCN(C)C)c2)c(C(C)C)c1C. The zero-order valence-electron chi connectivity index (χ0n) is 17.1. The summed E-state index contributed by atoms with van der Waals surface area (Å²) in [6.45, 7) is 14.1. The van der Waals surface area contributed by atoms with Crippen molar-refractivity contribution < 1.29 is 0 Å². The fourth-order valence-corrected chi connectivity index (χ4v) is 3.44. The minimum atomic E-state index is 0.500. The Balaban J connectivity index is 2.01. The van der Waals surface area contributed by atoms with E-state index in [1.165, 1.54) is 22.5 Å². The predicted octanol–water partition coefficient (Wildman–Crippen LogP) is 3.83. The average molecular weight is 346 g/mol. The second kappa shape index (κ2) is 8.65. The first-order valence-corrected chi connectivity index (χ1v) is 9.56. The molecule has 0 aliphatic heterocycles. The van der Waals surface area contributed by atoms with Crippen molar-refractivity contribution in [2.45, 2.75) is 72.4 Å². The molecule has 2 aromatic heterocycles. The van der Waals surface area contributed by atoms with E-state index in [0.717, 1.165) is 32.5 Å². The summed E-state index contributed by atoms with van der Waals surface area (Å²) in [5.41, 5.74) is 5.38. The molecule has 5 heteroatoms. The zero-order valence-corrected chi connectivity index (χ0v) is 17.1. The van der Waals surface area contributed by atoms with E-state index < -0.39 is 0 Å². The van der Waals surface area contributed by atoms with Gasteiger partial charge in [0, 0.05) is 25.0 Å². The summed E-state index contributed by atoms with van der Waals surface area (Å²) in [6, 6.07) is 0. The minimum Gasteiger partial charge on any atom is -0.308 e. The van der Waals surface area contributed by atoms with Gasteiger partial charge in [-0.2, -0.15) is 10.2 Å². The van der Waals surface area contributed by atoms with Crippen LogP contribution in [0.3, 0.4) is 0 Å². The lowest BCUT2D eigenvalue weighted by Crippen LogP contribution is -2.18. The second-order valence-corrected chi connectivity index (χ2v) is 7.70. The van der Waals surface area contributed by atoms with Gasteiger partial charge in [-0.25, -0.2) is 0 Å². The standard InChI is InChI=1S/C20H35N5/c1-8-25-17(5)20(15(2)3)19(22-25)10-9-16(4)18-13-21-24(14-18)12-11-23(6)7/h13-16H,8-12H2,1-7H3. The Labute approximate surface area is 153 Å². The lowest BCUT2D eigenvalue weighted by atomic mass is 9.94. The van der Waals surface area contributed by atoms with Gasteiger partial charge in [-0.1, -0.05) is 20.8 Å². The number of rotatable bonds is 9. The molecule has 0 spiro atoms. The summed E-state index contributed by atoms with van der Waals surface area (Å²) in [5, 5.41) is 9.37. The van der Waals surface area contributed by atoms with Crippen LogP contribution in [0, 0.1) is 6.92 Å². The Bertz CT molecular complexity index is 666. The van der Waals surface area contributed by atoms with Crippen LogP contribution in [0.15, 0.2) is 12.4 Å². The van der Waals surface area contributed by atoms with Gasteiger partial charge in [0.15, 0.2) is 0 Å². The van der Waals surface area contributed by atoms with Crippen molar-refractivity contribution in [3.05, 3.63) is 34.9 Å². The molecule has 2 rings (SSSR count). The molecule has 1 unspecified atom stereocenters. The van der Waals surface area contributed by atoms with Gasteiger partial charge in [0.05, 0.1) is 18.4 Å². The van der Waals surface area contributed by atoms with Crippen LogP contribution in [-0.4, -0.2) is 45.1 Å². The molecule has 140 valence electrons. The van der Waals surface area contributed by atoms with E-state index >= 15 is 0 Å². The van der Waals surface area contributed by atoms with E-state index in [1.807, 2.05) is 6.20 Å². The quantitative estimate of drug-likeness (QED) is 0.693. The molecule has 1 atom stereocenters. The van der Waals surface area contributed by atoms with Crippen LogP contribution in [-0.2, 0) is 19.5 Å². The smallest absolute Gasteiger partial charge is 0.0662 e. The van der Waals surface area contributed by atoms with Crippen molar-refractivity contribution in [2.24, 2.45) is 0 Å². The van der Waals surface area contributed by atoms with Crippen molar-refractivity contribution in [1.29, 1.82) is 0 Å². The Morgan fingerprint density at radius 2 is 1.92 bits per heavy atom. The first kappa shape index (κ1) is 19.7. The lowest BCUT2D eigenvalue weighted by Gasteiger charge is -2.11. The molecule has 0 fully saturated rings. The third-order valence-corrected chi connectivity index (χ3v) is 5.02. The summed E-state index contributed by atoms with van der Waals surface area (Å²) in [7, 11) is 4.19. The maximum absolute atomic E-state index is 4.86. The lowest BCUT2D eigenvalue weighted by molar-refractivity contribution is 0.373. The van der Waals surface area contributed by atoms with E-state index in [1.54, 1.807) is 0 Å². The van der Waals surface area contributed by atoms with Gasteiger partial charge < -0.3 is 4.90 Å². The van der Waals surface area contributed by atoms with Gasteiger partial charge in [-0.3, -0.25) is 9.36 Å². The van der Waals surface area contributed by atoms with E-state index in [9.17, 15) is 0 Å². The summed E-state index contributed by atoms with van der Waals surface area (Å²) in [4.78, 5) is 2.19. The van der Waals surface area contributed by atoms with Gasteiger partial charge in [-0.05, 0) is 63.7 Å². The van der Waals surface area contributed by atoms with E-state index in [2.05, 4.69) is 74.3 Å². The molecule has 0 saturated carbocycles. The molecule has 0 N–H and O–H groups in total. The maximum atomic E-state index is 4.86. The van der Waals surface area contributed by atoms with Crippen LogP contribution in [0.2, 0.25) is 0 Å². The molecular formula is C20H35N5. The third kappa shape index (κ3) is 4.94. The summed E-state index contributed by atoms with van der Waals surface area (Å²) >= 11 is 0. The van der Waals surface area contributed by atoms with Crippen LogP contribution in [0.25, 0.3) is 0 Å². The average Bonchev–Trinajstić information content (AvgIpc) is 3.14. The summed E-state index contributed by atoms with van der Waals surface area (Å²) in [6.07, 6.45) is 6.37. The number of likely N-dealkylation sites (N-methyl/N-ethyl adjacent to an activating group) is 1. The Morgan fingerprint density at radius 3 is 2.52 bits per heavy atom. The van der Waals surface area contributed by atoms with Crippen molar-refractivity contribution in [3.63, 3.8) is 0 Å². The number of nitrogens with zero attached hydrogens (tertiary/aromatic N) is 5. The molecule has 0 saturated heterocycles. The highest BCUT2D eigenvalue weighted by Crippen LogP contribution is 2.27. The number of hydrogen-bond donors (Lipinski definition) is 0. The number of hydrogen-bond acceptors (Lipinski definition) is 3. The molecule has 0 aliphatic carbocycles. The Hall–Kier alpha value is -1.62. The van der Waals surface area contributed by atoms with Gasteiger partial charge in [-0.15, -0.1) is 0 Å². The Kier molecular flexibility index (Phi) is 6.82. The van der Waals surface area contributed by atoms with Crippen molar-refractivity contribution in [3.8, 4) is 0 Å². The molecular weight excluding hydrogens is 310 g/mol. The van der Waals surface area contributed by atoms with Gasteiger partial charge in [0.1, 0.15) is 0 Å². The molecule has 2 aromatic rings. The second-order valence-electron chi connectivity index (χ2n) is 7.70. The highest BCUT2D eigenvalue weighted by molar-refractivity contribution is 5.29. The van der Waals surface area contributed by atoms with Crippen LogP contribution in [0.5, 0.6) is 0 Å². The highest BCUT2D eigenvalue weighted by atomic mass is 15.3. The first-order valence-electron chi connectivity index (χ1n) is 9.56. The normalized spacial score (nSPS) is 13.2. The monoisotopic (exact) mass is 345 g/mol. The topological polar surface area (TPSA) is 38.9 Å². The van der Waals surface area contributed by atoms with Crippen LogP contribution >= 0.6 is 0 Å².